The van der Waals surface area contributed by atoms with Gasteiger partial charge in [0.05, 0.1) is 5.69 Å². The minimum atomic E-state index is -0.0231. The van der Waals surface area contributed by atoms with Crippen molar-refractivity contribution >= 4 is 22.9 Å². The lowest BCUT2D eigenvalue weighted by Crippen LogP contribution is -2.48. The first-order valence-corrected chi connectivity index (χ1v) is 10.9. The van der Waals surface area contributed by atoms with Crippen molar-refractivity contribution in [2.75, 3.05) is 44.2 Å². The van der Waals surface area contributed by atoms with Crippen LogP contribution < -0.4 is 10.2 Å². The molecule has 0 saturated carbocycles. The van der Waals surface area contributed by atoms with Crippen LogP contribution in [-0.4, -0.2) is 55.1 Å². The van der Waals surface area contributed by atoms with Gasteiger partial charge in [0.25, 0.3) is 5.91 Å². The highest BCUT2D eigenvalue weighted by Crippen LogP contribution is 2.27. The molecule has 6 heteroatoms. The number of benzene rings is 2. The number of hydrogen-bond acceptors (Lipinski definition) is 5. The van der Waals surface area contributed by atoms with Gasteiger partial charge in [0.2, 0.25) is 0 Å². The second-order valence-corrected chi connectivity index (χ2v) is 8.22. The lowest BCUT2D eigenvalue weighted by Gasteiger charge is -2.36. The quantitative estimate of drug-likeness (QED) is 0.679. The number of aromatic nitrogens is 1. The number of piperazine rings is 1. The SMILES string of the molecule is Cc1nc(-c2ccccc2)sc1C(=O)NCCN1CCN(c2ccccc2)CC1. The van der Waals surface area contributed by atoms with E-state index >= 15 is 0 Å². The first-order valence-electron chi connectivity index (χ1n) is 10.0. The maximum atomic E-state index is 12.6. The van der Waals surface area contributed by atoms with Crippen molar-refractivity contribution in [1.82, 2.24) is 15.2 Å². The molecule has 1 aliphatic heterocycles. The third-order valence-electron chi connectivity index (χ3n) is 5.23. The van der Waals surface area contributed by atoms with Gasteiger partial charge >= 0.3 is 0 Å². The van der Waals surface area contributed by atoms with Gasteiger partial charge in [0, 0.05) is 50.5 Å². The number of nitrogens with zero attached hydrogens (tertiary/aromatic N) is 3. The molecular weight excluding hydrogens is 380 g/mol. The van der Waals surface area contributed by atoms with Crippen molar-refractivity contribution in [3.8, 4) is 10.6 Å². The lowest BCUT2D eigenvalue weighted by atomic mass is 10.2. The molecule has 1 aliphatic rings. The Morgan fingerprint density at radius 3 is 2.34 bits per heavy atom. The van der Waals surface area contributed by atoms with Gasteiger partial charge in [-0.15, -0.1) is 11.3 Å². The second-order valence-electron chi connectivity index (χ2n) is 7.22. The van der Waals surface area contributed by atoms with Crippen molar-refractivity contribution in [1.29, 1.82) is 0 Å². The Bertz CT molecular complexity index is 934. The average molecular weight is 407 g/mol. The smallest absolute Gasteiger partial charge is 0.263 e. The Morgan fingerprint density at radius 2 is 1.66 bits per heavy atom. The molecule has 2 aromatic carbocycles. The van der Waals surface area contributed by atoms with Crippen LogP contribution in [0.25, 0.3) is 10.6 Å². The molecule has 0 atom stereocenters. The van der Waals surface area contributed by atoms with Gasteiger partial charge in [0.1, 0.15) is 9.88 Å². The molecule has 3 aromatic rings. The van der Waals surface area contributed by atoms with Gasteiger partial charge in [0.15, 0.2) is 0 Å². The summed E-state index contributed by atoms with van der Waals surface area (Å²) < 4.78 is 0. The summed E-state index contributed by atoms with van der Waals surface area (Å²) in [7, 11) is 0. The Balaban J connectivity index is 1.25. The summed E-state index contributed by atoms with van der Waals surface area (Å²) in [6.45, 7) is 7.50. The molecule has 4 rings (SSSR count). The van der Waals surface area contributed by atoms with E-state index in [2.05, 4.69) is 50.4 Å². The van der Waals surface area contributed by atoms with E-state index in [0.29, 0.717) is 11.4 Å². The van der Waals surface area contributed by atoms with Crippen molar-refractivity contribution in [3.63, 3.8) is 0 Å². The summed E-state index contributed by atoms with van der Waals surface area (Å²) in [5.41, 5.74) is 3.13. The molecular formula is C23H26N4OS. The van der Waals surface area contributed by atoms with Crippen LogP contribution in [0.15, 0.2) is 60.7 Å². The molecule has 1 aromatic heterocycles. The first-order chi connectivity index (χ1) is 14.2. The van der Waals surface area contributed by atoms with E-state index in [1.165, 1.54) is 17.0 Å². The molecule has 5 nitrogen and oxygen atoms in total. The fourth-order valence-corrected chi connectivity index (χ4v) is 4.58. The van der Waals surface area contributed by atoms with Crippen molar-refractivity contribution in [2.45, 2.75) is 6.92 Å². The topological polar surface area (TPSA) is 48.5 Å². The summed E-state index contributed by atoms with van der Waals surface area (Å²) in [4.78, 5) is 22.7. The van der Waals surface area contributed by atoms with Gasteiger partial charge < -0.3 is 10.2 Å². The van der Waals surface area contributed by atoms with E-state index in [0.717, 1.165) is 49.0 Å². The molecule has 29 heavy (non-hydrogen) atoms. The highest BCUT2D eigenvalue weighted by Gasteiger charge is 2.18. The molecule has 0 bridgehead atoms. The predicted octanol–water partition coefficient (Wildman–Crippen LogP) is 3.67. The van der Waals surface area contributed by atoms with Gasteiger partial charge in [-0.3, -0.25) is 9.69 Å². The van der Waals surface area contributed by atoms with Crippen LogP contribution in [0.5, 0.6) is 0 Å². The highest BCUT2D eigenvalue weighted by molar-refractivity contribution is 7.17. The Kier molecular flexibility index (Phi) is 6.22. The lowest BCUT2D eigenvalue weighted by molar-refractivity contribution is 0.0951. The summed E-state index contributed by atoms with van der Waals surface area (Å²) in [5, 5.41) is 3.96. The van der Waals surface area contributed by atoms with Crippen molar-refractivity contribution in [2.24, 2.45) is 0 Å². The first kappa shape index (κ1) is 19.6. The number of rotatable bonds is 6. The van der Waals surface area contributed by atoms with Gasteiger partial charge in [-0.1, -0.05) is 48.5 Å². The third kappa shape index (κ3) is 4.83. The minimum absolute atomic E-state index is 0.0231. The number of para-hydroxylation sites is 1. The van der Waals surface area contributed by atoms with E-state index in [-0.39, 0.29) is 5.91 Å². The third-order valence-corrected chi connectivity index (χ3v) is 6.44. The minimum Gasteiger partial charge on any atom is -0.369 e. The fraction of sp³-hybridized carbons (Fsp3) is 0.304. The van der Waals surface area contributed by atoms with E-state index < -0.39 is 0 Å². The van der Waals surface area contributed by atoms with Crippen LogP contribution in [0, 0.1) is 6.92 Å². The molecule has 2 heterocycles. The normalized spacial score (nSPS) is 14.7. The number of anilines is 1. The monoisotopic (exact) mass is 406 g/mol. The number of carbonyl (C=O) groups excluding carboxylic acids is 1. The molecule has 1 saturated heterocycles. The molecule has 1 amide bonds. The van der Waals surface area contributed by atoms with Crippen LogP contribution in [0.4, 0.5) is 5.69 Å². The Hall–Kier alpha value is -2.70. The standard InChI is InChI=1S/C23H26N4OS/c1-18-21(29-23(25-18)19-8-4-2-5-9-19)22(28)24-12-13-26-14-16-27(17-15-26)20-10-6-3-7-11-20/h2-11H,12-17H2,1H3,(H,24,28). The van der Waals surface area contributed by atoms with E-state index in [4.69, 9.17) is 0 Å². The molecule has 1 N–H and O–H groups in total. The molecule has 150 valence electrons. The number of carbonyl (C=O) groups is 1. The number of aryl methyl sites for hydroxylation is 1. The predicted molar refractivity (Wildman–Crippen MR) is 120 cm³/mol. The second kappa shape index (κ2) is 9.20. The van der Waals surface area contributed by atoms with Crippen LogP contribution >= 0.6 is 11.3 Å². The summed E-state index contributed by atoms with van der Waals surface area (Å²) >= 11 is 1.46. The number of thiazole rings is 1. The summed E-state index contributed by atoms with van der Waals surface area (Å²) in [6.07, 6.45) is 0. The number of amides is 1. The Morgan fingerprint density at radius 1 is 1.00 bits per heavy atom. The molecule has 0 radical (unpaired) electrons. The summed E-state index contributed by atoms with van der Waals surface area (Å²) in [5.74, 6) is -0.0231. The van der Waals surface area contributed by atoms with Crippen LogP contribution in [0.3, 0.4) is 0 Å². The Labute approximate surface area is 176 Å². The zero-order valence-electron chi connectivity index (χ0n) is 16.7. The zero-order chi connectivity index (χ0) is 20.1. The fourth-order valence-electron chi connectivity index (χ4n) is 3.59. The van der Waals surface area contributed by atoms with Gasteiger partial charge in [-0.2, -0.15) is 0 Å². The van der Waals surface area contributed by atoms with Gasteiger partial charge in [-0.05, 0) is 19.1 Å². The average Bonchev–Trinajstić information content (AvgIpc) is 3.17. The molecule has 0 unspecified atom stereocenters. The van der Waals surface area contributed by atoms with E-state index in [1.807, 2.05) is 37.3 Å². The maximum Gasteiger partial charge on any atom is 0.263 e. The van der Waals surface area contributed by atoms with E-state index in [9.17, 15) is 4.79 Å². The highest BCUT2D eigenvalue weighted by atomic mass is 32.1. The van der Waals surface area contributed by atoms with E-state index in [1.54, 1.807) is 0 Å². The number of hydrogen-bond donors (Lipinski definition) is 1. The molecule has 1 fully saturated rings. The maximum absolute atomic E-state index is 12.6. The molecule has 0 aliphatic carbocycles. The van der Waals surface area contributed by atoms with Crippen LogP contribution in [-0.2, 0) is 0 Å². The van der Waals surface area contributed by atoms with Gasteiger partial charge in [-0.25, -0.2) is 4.98 Å². The molecule has 0 spiro atoms. The van der Waals surface area contributed by atoms with Crippen molar-refractivity contribution in [3.05, 3.63) is 71.2 Å². The van der Waals surface area contributed by atoms with Crippen LogP contribution in [0.2, 0.25) is 0 Å². The zero-order valence-corrected chi connectivity index (χ0v) is 17.5. The van der Waals surface area contributed by atoms with Crippen LogP contribution in [0.1, 0.15) is 15.4 Å². The summed E-state index contributed by atoms with van der Waals surface area (Å²) in [6, 6.07) is 20.6. The number of nitrogens with one attached hydrogen (secondary N) is 1. The van der Waals surface area contributed by atoms with Crippen molar-refractivity contribution < 1.29 is 4.79 Å². The largest absolute Gasteiger partial charge is 0.369 e.